The van der Waals surface area contributed by atoms with Crippen LogP contribution in [0.1, 0.15) is 21.5 Å². The fourth-order valence-corrected chi connectivity index (χ4v) is 6.83. The summed E-state index contributed by atoms with van der Waals surface area (Å²) in [5.41, 5.74) is 5.27. The second-order valence-electron chi connectivity index (χ2n) is 11.0. The first kappa shape index (κ1) is 31.4. The van der Waals surface area contributed by atoms with E-state index in [2.05, 4.69) is 70.5 Å². The minimum absolute atomic E-state index is 0.104. The zero-order valence-corrected chi connectivity index (χ0v) is 26.8. The lowest BCUT2D eigenvalue weighted by Crippen LogP contribution is -2.31. The molecule has 0 saturated heterocycles. The fraction of sp³-hybridized carbons (Fsp3) is 0.162. The predicted molar refractivity (Wildman–Crippen MR) is 186 cm³/mol. The number of para-hydroxylation sites is 1. The average Bonchev–Trinajstić information content (AvgIpc) is 3.40. The number of ketones is 1. The van der Waals surface area contributed by atoms with Crippen molar-refractivity contribution < 1.29 is 17.9 Å². The van der Waals surface area contributed by atoms with Gasteiger partial charge in [-0.2, -0.15) is 0 Å². The standard InChI is InChI=1S/C37H34ClN3O4S/c38-27-46(43,44)41(26-29-11-5-2-6-12-29)31-17-15-30(16-18-31)37(42)24-39-21-22-45-32-19-20-34-33-13-7-8-14-35(33)40(36(34)23-32)25-28-9-3-1-4-10-28/h1-20,23,39H,21-22,24-27H2. The first-order chi connectivity index (χ1) is 22.4. The molecule has 1 heterocycles. The number of fused-ring (bicyclic) bond motifs is 3. The van der Waals surface area contributed by atoms with Gasteiger partial charge in [0.25, 0.3) is 0 Å². The number of nitrogens with one attached hydrogen (secondary N) is 1. The first-order valence-electron chi connectivity index (χ1n) is 15.0. The highest BCUT2D eigenvalue weighted by Crippen LogP contribution is 2.32. The summed E-state index contributed by atoms with van der Waals surface area (Å²) in [5, 5.41) is 5.00. The number of aromatic nitrogens is 1. The van der Waals surface area contributed by atoms with E-state index in [1.165, 1.54) is 26.2 Å². The number of ether oxygens (including phenoxy) is 1. The maximum absolute atomic E-state index is 12.9. The number of carbonyl (C=O) groups excluding carboxylic acids is 1. The topological polar surface area (TPSA) is 80.6 Å². The van der Waals surface area contributed by atoms with Crippen LogP contribution in [0.2, 0.25) is 0 Å². The van der Waals surface area contributed by atoms with Gasteiger partial charge in [0.15, 0.2) is 5.78 Å². The van der Waals surface area contributed by atoms with Gasteiger partial charge in [-0.3, -0.25) is 9.10 Å². The van der Waals surface area contributed by atoms with Gasteiger partial charge < -0.3 is 14.6 Å². The van der Waals surface area contributed by atoms with Gasteiger partial charge in [0.1, 0.15) is 17.6 Å². The van der Waals surface area contributed by atoms with Crippen molar-refractivity contribution in [3.05, 3.63) is 144 Å². The van der Waals surface area contributed by atoms with Gasteiger partial charge in [0.2, 0.25) is 10.0 Å². The van der Waals surface area contributed by atoms with E-state index in [-0.39, 0.29) is 18.9 Å². The molecule has 0 aliphatic carbocycles. The molecule has 0 spiro atoms. The third-order valence-corrected chi connectivity index (χ3v) is 10.00. The van der Waals surface area contributed by atoms with Crippen molar-refractivity contribution in [3.8, 4) is 5.75 Å². The van der Waals surface area contributed by atoms with Crippen LogP contribution in [0.5, 0.6) is 5.75 Å². The minimum atomic E-state index is -3.74. The normalized spacial score (nSPS) is 11.6. The van der Waals surface area contributed by atoms with Crippen LogP contribution < -0.4 is 14.4 Å². The van der Waals surface area contributed by atoms with E-state index >= 15 is 0 Å². The number of nitrogens with zero attached hydrogens (tertiary/aromatic N) is 2. The van der Waals surface area contributed by atoms with Gasteiger partial charge in [-0.05, 0) is 53.6 Å². The van der Waals surface area contributed by atoms with Crippen LogP contribution in [0, 0.1) is 0 Å². The molecule has 234 valence electrons. The molecule has 46 heavy (non-hydrogen) atoms. The average molecular weight is 652 g/mol. The van der Waals surface area contributed by atoms with Gasteiger partial charge in [-0.1, -0.05) is 78.9 Å². The summed E-state index contributed by atoms with van der Waals surface area (Å²) >= 11 is 5.78. The van der Waals surface area contributed by atoms with E-state index in [0.29, 0.717) is 24.4 Å². The van der Waals surface area contributed by atoms with Crippen LogP contribution in [0.3, 0.4) is 0 Å². The molecule has 0 fully saturated rings. The monoisotopic (exact) mass is 651 g/mol. The minimum Gasteiger partial charge on any atom is -0.492 e. The Hall–Kier alpha value is -4.63. The third kappa shape index (κ3) is 7.10. The number of alkyl halides is 1. The van der Waals surface area contributed by atoms with E-state index < -0.39 is 15.2 Å². The first-order valence-corrected chi connectivity index (χ1v) is 17.2. The molecule has 6 rings (SSSR count). The molecular formula is C37H34ClN3O4S. The number of rotatable bonds is 14. The predicted octanol–water partition coefficient (Wildman–Crippen LogP) is 7.23. The molecule has 0 aliphatic rings. The summed E-state index contributed by atoms with van der Waals surface area (Å²) in [5.74, 6) is 0.661. The second-order valence-corrected chi connectivity index (χ2v) is 13.5. The van der Waals surface area contributed by atoms with Crippen LogP contribution in [0.4, 0.5) is 5.69 Å². The molecule has 1 aromatic heterocycles. The summed E-state index contributed by atoms with van der Waals surface area (Å²) in [6.07, 6.45) is 0. The SMILES string of the molecule is O=C(CNCCOc1ccc2c3ccccc3n(Cc3ccccc3)c2c1)c1ccc(N(Cc2ccccc2)S(=O)(=O)CCl)cc1. The van der Waals surface area contributed by atoms with Gasteiger partial charge in [-0.15, -0.1) is 11.6 Å². The zero-order chi connectivity index (χ0) is 31.9. The number of halogens is 1. The Labute approximate surface area is 274 Å². The molecular weight excluding hydrogens is 618 g/mol. The lowest BCUT2D eigenvalue weighted by Gasteiger charge is -2.23. The highest BCUT2D eigenvalue weighted by molar-refractivity contribution is 7.93. The fourth-order valence-electron chi connectivity index (χ4n) is 5.57. The largest absolute Gasteiger partial charge is 0.492 e. The van der Waals surface area contributed by atoms with E-state index in [1.807, 2.05) is 42.5 Å². The van der Waals surface area contributed by atoms with Crippen molar-refractivity contribution in [2.24, 2.45) is 0 Å². The molecule has 9 heteroatoms. The third-order valence-electron chi connectivity index (χ3n) is 7.88. The molecule has 0 amide bonds. The molecule has 0 atom stereocenters. The molecule has 0 aliphatic heterocycles. The van der Waals surface area contributed by atoms with Crippen molar-refractivity contribution in [1.82, 2.24) is 9.88 Å². The van der Waals surface area contributed by atoms with Crippen LogP contribution in [0.15, 0.2) is 127 Å². The van der Waals surface area contributed by atoms with Crippen molar-refractivity contribution in [2.45, 2.75) is 13.1 Å². The molecule has 1 N–H and O–H groups in total. The highest BCUT2D eigenvalue weighted by Gasteiger charge is 2.22. The molecule has 6 aromatic rings. The Morgan fingerprint density at radius 3 is 2.13 bits per heavy atom. The van der Waals surface area contributed by atoms with Crippen LogP contribution in [-0.2, 0) is 23.1 Å². The summed E-state index contributed by atoms with van der Waals surface area (Å²) in [7, 11) is -3.74. The Morgan fingerprint density at radius 2 is 1.41 bits per heavy atom. The zero-order valence-electron chi connectivity index (χ0n) is 25.2. The summed E-state index contributed by atoms with van der Waals surface area (Å²) in [6, 6.07) is 40.8. The number of hydrogen-bond donors (Lipinski definition) is 1. The smallest absolute Gasteiger partial charge is 0.249 e. The number of anilines is 1. The quantitative estimate of drug-likeness (QED) is 0.0764. The molecule has 0 radical (unpaired) electrons. The van der Waals surface area contributed by atoms with E-state index in [9.17, 15) is 13.2 Å². The van der Waals surface area contributed by atoms with Gasteiger partial charge in [-0.25, -0.2) is 8.42 Å². The van der Waals surface area contributed by atoms with Crippen LogP contribution >= 0.6 is 11.6 Å². The molecule has 5 aromatic carbocycles. The van der Waals surface area contributed by atoms with E-state index in [1.54, 1.807) is 24.3 Å². The molecule has 0 unspecified atom stereocenters. The second kappa shape index (κ2) is 14.2. The number of Topliss-reactive ketones (excluding diaryl/α,β-unsaturated/α-hetero) is 1. The summed E-state index contributed by atoms with van der Waals surface area (Å²) < 4.78 is 35.1. The lowest BCUT2D eigenvalue weighted by molar-refractivity contribution is 0.0990. The van der Waals surface area contributed by atoms with Crippen LogP contribution in [-0.4, -0.2) is 43.7 Å². The number of benzene rings is 5. The van der Waals surface area contributed by atoms with Gasteiger partial charge >= 0.3 is 0 Å². The van der Waals surface area contributed by atoms with Crippen molar-refractivity contribution in [2.75, 3.05) is 29.2 Å². The van der Waals surface area contributed by atoms with Crippen molar-refractivity contribution >= 4 is 54.9 Å². The van der Waals surface area contributed by atoms with Crippen molar-refractivity contribution in [1.29, 1.82) is 0 Å². The van der Waals surface area contributed by atoms with Crippen LogP contribution in [0.25, 0.3) is 21.8 Å². The lowest BCUT2D eigenvalue weighted by atomic mass is 10.1. The number of hydrogen-bond acceptors (Lipinski definition) is 5. The molecule has 7 nitrogen and oxygen atoms in total. The van der Waals surface area contributed by atoms with Gasteiger partial charge in [0.05, 0.1) is 24.3 Å². The summed E-state index contributed by atoms with van der Waals surface area (Å²) in [4.78, 5) is 12.9. The Balaban J connectivity index is 1.06. The van der Waals surface area contributed by atoms with Gasteiger partial charge in [0, 0.05) is 41.0 Å². The van der Waals surface area contributed by atoms with E-state index in [4.69, 9.17) is 16.3 Å². The Bertz CT molecular complexity index is 2050. The number of sulfonamides is 1. The number of carbonyl (C=O) groups is 1. The van der Waals surface area contributed by atoms with E-state index in [0.717, 1.165) is 23.4 Å². The maximum atomic E-state index is 12.9. The Kier molecular flexibility index (Phi) is 9.68. The molecule has 0 bridgehead atoms. The molecule has 0 saturated carbocycles. The Morgan fingerprint density at radius 1 is 0.761 bits per heavy atom. The van der Waals surface area contributed by atoms with Crippen molar-refractivity contribution in [3.63, 3.8) is 0 Å². The maximum Gasteiger partial charge on any atom is 0.249 e. The highest BCUT2D eigenvalue weighted by atomic mass is 35.5. The summed E-state index contributed by atoms with van der Waals surface area (Å²) in [6.45, 7) is 1.90.